The van der Waals surface area contributed by atoms with Crippen LogP contribution < -0.4 is 4.90 Å². The SMILES string of the molecule is Cc1ncc(C2=CCC3C(=C2)N(c2cncc(Br)n2)C(=O)C3(C)C)cn1. The molecule has 2 aromatic rings. The molecule has 0 radical (unpaired) electrons. The van der Waals surface area contributed by atoms with Crippen LogP contribution in [-0.4, -0.2) is 25.8 Å². The van der Waals surface area contributed by atoms with Gasteiger partial charge in [-0.3, -0.25) is 14.7 Å². The Kier molecular flexibility index (Phi) is 3.99. The highest BCUT2D eigenvalue weighted by Gasteiger charge is 2.51. The molecular weight excluding hydrogens is 394 g/mol. The Hall–Kier alpha value is -2.41. The second-order valence-electron chi connectivity index (χ2n) is 7.10. The number of aryl methyl sites for hydroxylation is 1. The monoisotopic (exact) mass is 411 g/mol. The van der Waals surface area contributed by atoms with Crippen LogP contribution in [0, 0.1) is 18.3 Å². The molecule has 6 nitrogen and oxygen atoms in total. The van der Waals surface area contributed by atoms with Crippen molar-refractivity contribution in [2.24, 2.45) is 11.3 Å². The topological polar surface area (TPSA) is 71.9 Å². The molecule has 1 saturated heterocycles. The molecule has 1 fully saturated rings. The third kappa shape index (κ3) is 2.67. The van der Waals surface area contributed by atoms with E-state index in [1.807, 2.05) is 33.2 Å². The van der Waals surface area contributed by atoms with Gasteiger partial charge in [-0.05, 0) is 40.9 Å². The molecule has 0 aromatic carbocycles. The smallest absolute Gasteiger partial charge is 0.238 e. The number of carbonyl (C=O) groups is 1. The van der Waals surface area contributed by atoms with Gasteiger partial charge in [0, 0.05) is 29.6 Å². The van der Waals surface area contributed by atoms with E-state index in [1.165, 1.54) is 0 Å². The normalized spacial score (nSPS) is 21.3. The van der Waals surface area contributed by atoms with Crippen molar-refractivity contribution in [2.45, 2.75) is 27.2 Å². The number of hydrogen-bond donors (Lipinski definition) is 0. The summed E-state index contributed by atoms with van der Waals surface area (Å²) in [6, 6.07) is 0. The summed E-state index contributed by atoms with van der Waals surface area (Å²) in [7, 11) is 0. The standard InChI is InChI=1S/C19H18BrN5O/c1-11-22-7-13(8-23-11)12-4-5-14-15(6-12)25(18(26)19(14,2)3)17-10-21-9-16(20)24-17/h4,6-10,14H,5H2,1-3H3. The molecule has 132 valence electrons. The number of carbonyl (C=O) groups excluding carboxylic acids is 1. The van der Waals surface area contributed by atoms with Crippen LogP contribution in [0.3, 0.4) is 0 Å². The molecule has 4 rings (SSSR count). The van der Waals surface area contributed by atoms with Gasteiger partial charge >= 0.3 is 0 Å². The van der Waals surface area contributed by atoms with Gasteiger partial charge in [0.05, 0.1) is 17.8 Å². The number of fused-ring (bicyclic) bond motifs is 1. The summed E-state index contributed by atoms with van der Waals surface area (Å²) in [5, 5.41) is 0. The van der Waals surface area contributed by atoms with E-state index >= 15 is 0 Å². The lowest BCUT2D eigenvalue weighted by Crippen LogP contribution is -2.31. The van der Waals surface area contributed by atoms with Gasteiger partial charge in [0.25, 0.3) is 0 Å². The fourth-order valence-corrected chi connectivity index (χ4v) is 3.84. The molecule has 0 N–H and O–H groups in total. The zero-order valence-electron chi connectivity index (χ0n) is 14.8. The van der Waals surface area contributed by atoms with Gasteiger partial charge in [0.15, 0.2) is 5.82 Å². The summed E-state index contributed by atoms with van der Waals surface area (Å²) in [5.74, 6) is 1.41. The largest absolute Gasteiger partial charge is 0.273 e. The summed E-state index contributed by atoms with van der Waals surface area (Å²) in [4.78, 5) is 32.0. The summed E-state index contributed by atoms with van der Waals surface area (Å²) < 4.78 is 0.600. The van der Waals surface area contributed by atoms with Crippen LogP contribution in [0.4, 0.5) is 5.82 Å². The number of halogens is 1. The Labute approximate surface area is 160 Å². The highest BCUT2D eigenvalue weighted by molar-refractivity contribution is 9.10. The van der Waals surface area contributed by atoms with E-state index in [4.69, 9.17) is 0 Å². The molecule has 7 heteroatoms. The van der Waals surface area contributed by atoms with Crippen LogP contribution >= 0.6 is 15.9 Å². The van der Waals surface area contributed by atoms with E-state index < -0.39 is 5.41 Å². The number of rotatable bonds is 2. The van der Waals surface area contributed by atoms with Crippen LogP contribution in [0.2, 0.25) is 0 Å². The van der Waals surface area contributed by atoms with Gasteiger partial charge in [0.1, 0.15) is 10.4 Å². The molecule has 1 aliphatic carbocycles. The molecule has 26 heavy (non-hydrogen) atoms. The third-order valence-corrected chi connectivity index (χ3v) is 5.44. The summed E-state index contributed by atoms with van der Waals surface area (Å²) in [6.07, 6.45) is 11.9. The van der Waals surface area contributed by atoms with E-state index in [-0.39, 0.29) is 11.8 Å². The Balaban J connectivity index is 1.81. The third-order valence-electron chi connectivity index (χ3n) is 5.05. The molecule has 0 spiro atoms. The fraction of sp³-hybridized carbons (Fsp3) is 0.316. The minimum absolute atomic E-state index is 0.0379. The number of amides is 1. The molecule has 2 aromatic heterocycles. The van der Waals surface area contributed by atoms with Crippen LogP contribution in [-0.2, 0) is 4.79 Å². The van der Waals surface area contributed by atoms with Crippen LogP contribution in [0.5, 0.6) is 0 Å². The molecule has 1 atom stereocenters. The minimum atomic E-state index is -0.498. The molecule has 1 amide bonds. The number of nitrogens with zero attached hydrogens (tertiary/aromatic N) is 5. The molecule has 0 saturated carbocycles. The van der Waals surface area contributed by atoms with Crippen molar-refractivity contribution in [1.29, 1.82) is 0 Å². The highest BCUT2D eigenvalue weighted by atomic mass is 79.9. The zero-order valence-corrected chi connectivity index (χ0v) is 16.4. The maximum atomic E-state index is 13.1. The predicted molar refractivity (Wildman–Crippen MR) is 102 cm³/mol. The first-order chi connectivity index (χ1) is 12.4. The number of anilines is 1. The predicted octanol–water partition coefficient (Wildman–Crippen LogP) is 3.70. The average Bonchev–Trinajstić information content (AvgIpc) is 2.81. The summed E-state index contributed by atoms with van der Waals surface area (Å²) in [5.41, 5.74) is 2.42. The Morgan fingerprint density at radius 3 is 2.62 bits per heavy atom. The van der Waals surface area contributed by atoms with Crippen LogP contribution in [0.1, 0.15) is 31.7 Å². The Morgan fingerprint density at radius 2 is 1.92 bits per heavy atom. The van der Waals surface area contributed by atoms with Crippen molar-refractivity contribution in [3.8, 4) is 0 Å². The number of allylic oxidation sites excluding steroid dienone is 4. The first kappa shape index (κ1) is 17.0. The zero-order chi connectivity index (χ0) is 18.5. The van der Waals surface area contributed by atoms with E-state index in [1.54, 1.807) is 17.3 Å². The first-order valence-electron chi connectivity index (χ1n) is 8.41. The van der Waals surface area contributed by atoms with Crippen LogP contribution in [0.15, 0.2) is 47.2 Å². The second kappa shape index (κ2) is 6.09. The van der Waals surface area contributed by atoms with Crippen molar-refractivity contribution >= 4 is 33.2 Å². The van der Waals surface area contributed by atoms with E-state index in [2.05, 4.69) is 48.0 Å². The lowest BCUT2D eigenvalue weighted by atomic mass is 9.75. The molecule has 1 unspecified atom stereocenters. The van der Waals surface area contributed by atoms with E-state index in [0.717, 1.165) is 29.1 Å². The summed E-state index contributed by atoms with van der Waals surface area (Å²) >= 11 is 3.34. The van der Waals surface area contributed by atoms with Crippen molar-refractivity contribution < 1.29 is 4.79 Å². The van der Waals surface area contributed by atoms with Gasteiger partial charge in [-0.1, -0.05) is 19.9 Å². The summed E-state index contributed by atoms with van der Waals surface area (Å²) in [6.45, 7) is 5.85. The van der Waals surface area contributed by atoms with Crippen molar-refractivity contribution in [1.82, 2.24) is 19.9 Å². The minimum Gasteiger partial charge on any atom is -0.273 e. The highest BCUT2D eigenvalue weighted by Crippen LogP contribution is 2.50. The van der Waals surface area contributed by atoms with Crippen molar-refractivity contribution in [3.63, 3.8) is 0 Å². The van der Waals surface area contributed by atoms with E-state index in [0.29, 0.717) is 10.4 Å². The maximum Gasteiger partial charge on any atom is 0.238 e. The molecule has 0 bridgehead atoms. The Bertz CT molecular complexity index is 949. The second-order valence-corrected chi connectivity index (χ2v) is 7.91. The van der Waals surface area contributed by atoms with Crippen molar-refractivity contribution in [2.75, 3.05) is 4.90 Å². The average molecular weight is 412 g/mol. The van der Waals surface area contributed by atoms with Crippen molar-refractivity contribution in [3.05, 3.63) is 58.6 Å². The van der Waals surface area contributed by atoms with Gasteiger partial charge in [0.2, 0.25) is 5.91 Å². The first-order valence-corrected chi connectivity index (χ1v) is 9.20. The number of hydrogen-bond acceptors (Lipinski definition) is 5. The molecular formula is C19H18BrN5O. The van der Waals surface area contributed by atoms with Gasteiger partial charge in [-0.2, -0.15) is 0 Å². The van der Waals surface area contributed by atoms with Gasteiger partial charge in [-0.25, -0.2) is 15.0 Å². The lowest BCUT2D eigenvalue weighted by Gasteiger charge is -2.25. The lowest BCUT2D eigenvalue weighted by molar-refractivity contribution is -0.125. The number of aromatic nitrogens is 4. The Morgan fingerprint density at radius 1 is 1.19 bits per heavy atom. The van der Waals surface area contributed by atoms with Crippen LogP contribution in [0.25, 0.3) is 5.57 Å². The fourth-order valence-electron chi connectivity index (χ4n) is 3.54. The quantitative estimate of drug-likeness (QED) is 0.752. The maximum absolute atomic E-state index is 13.1. The van der Waals surface area contributed by atoms with Gasteiger partial charge < -0.3 is 0 Å². The molecule has 3 heterocycles. The van der Waals surface area contributed by atoms with E-state index in [9.17, 15) is 4.79 Å². The molecule has 1 aliphatic heterocycles. The molecule has 2 aliphatic rings. The van der Waals surface area contributed by atoms with Gasteiger partial charge in [-0.15, -0.1) is 0 Å².